The van der Waals surface area contributed by atoms with E-state index in [9.17, 15) is 9.59 Å². The minimum atomic E-state index is -0.0301. The molecule has 136 valence electrons. The first kappa shape index (κ1) is 16.1. The van der Waals surface area contributed by atoms with Gasteiger partial charge in [-0.2, -0.15) is 5.10 Å². The van der Waals surface area contributed by atoms with E-state index in [1.165, 1.54) is 6.42 Å². The van der Waals surface area contributed by atoms with Crippen LogP contribution in [0.4, 0.5) is 5.82 Å². The van der Waals surface area contributed by atoms with Crippen LogP contribution in [0.5, 0.6) is 0 Å². The second-order valence-electron chi connectivity index (χ2n) is 7.14. The van der Waals surface area contributed by atoms with Gasteiger partial charge in [-0.25, -0.2) is 4.52 Å². The quantitative estimate of drug-likeness (QED) is 0.705. The third-order valence-corrected chi connectivity index (χ3v) is 5.49. The van der Waals surface area contributed by atoms with E-state index < -0.39 is 0 Å². The number of fused-ring (bicyclic) bond motifs is 2. The summed E-state index contributed by atoms with van der Waals surface area (Å²) in [5, 5.41) is 4.45. The van der Waals surface area contributed by atoms with Gasteiger partial charge in [-0.1, -0.05) is 24.3 Å². The highest BCUT2D eigenvalue weighted by Crippen LogP contribution is 2.29. The highest BCUT2D eigenvalue weighted by molar-refractivity contribution is 6.10. The molecule has 0 atom stereocenters. The van der Waals surface area contributed by atoms with Gasteiger partial charge in [0, 0.05) is 18.7 Å². The van der Waals surface area contributed by atoms with Crippen molar-refractivity contribution in [3.05, 3.63) is 65.4 Å². The van der Waals surface area contributed by atoms with E-state index in [0.717, 1.165) is 42.6 Å². The number of anilines is 1. The van der Waals surface area contributed by atoms with Crippen LogP contribution in [0.25, 0.3) is 5.52 Å². The lowest BCUT2D eigenvalue weighted by molar-refractivity contribution is 0.0726. The van der Waals surface area contributed by atoms with Gasteiger partial charge in [-0.05, 0) is 43.0 Å². The Hall–Kier alpha value is -3.15. The first-order valence-corrected chi connectivity index (χ1v) is 9.40. The zero-order chi connectivity index (χ0) is 18.4. The van der Waals surface area contributed by atoms with E-state index in [1.54, 1.807) is 15.6 Å². The van der Waals surface area contributed by atoms with Gasteiger partial charge in [0.15, 0.2) is 0 Å². The summed E-state index contributed by atoms with van der Waals surface area (Å²) in [6, 6.07) is 13.3. The van der Waals surface area contributed by atoms with Gasteiger partial charge in [-0.15, -0.1) is 0 Å². The molecule has 0 N–H and O–H groups in total. The number of carbonyl (C=O) groups excluding carboxylic acids is 2. The summed E-state index contributed by atoms with van der Waals surface area (Å²) in [5.41, 5.74) is 3.08. The summed E-state index contributed by atoms with van der Waals surface area (Å²) >= 11 is 0. The maximum atomic E-state index is 12.9. The van der Waals surface area contributed by atoms with E-state index in [2.05, 4.69) is 5.10 Å². The van der Waals surface area contributed by atoms with E-state index in [-0.39, 0.29) is 11.8 Å². The molecule has 0 unspecified atom stereocenters. The largest absolute Gasteiger partial charge is 0.339 e. The van der Waals surface area contributed by atoms with E-state index in [4.69, 9.17) is 0 Å². The van der Waals surface area contributed by atoms with Gasteiger partial charge in [0.05, 0.1) is 23.8 Å². The summed E-state index contributed by atoms with van der Waals surface area (Å²) in [5.74, 6) is 0.682. The van der Waals surface area contributed by atoms with Gasteiger partial charge in [0.25, 0.3) is 11.8 Å². The number of amides is 2. The van der Waals surface area contributed by atoms with Crippen LogP contribution in [0, 0.1) is 0 Å². The first-order chi connectivity index (χ1) is 13.2. The third-order valence-electron chi connectivity index (χ3n) is 5.49. The van der Waals surface area contributed by atoms with Gasteiger partial charge < -0.3 is 4.90 Å². The van der Waals surface area contributed by atoms with Crippen LogP contribution in [-0.2, 0) is 6.54 Å². The molecule has 0 saturated carbocycles. The van der Waals surface area contributed by atoms with E-state index in [0.29, 0.717) is 17.9 Å². The molecule has 6 heteroatoms. The second-order valence-corrected chi connectivity index (χ2v) is 7.14. The molecule has 3 aromatic rings. The average Bonchev–Trinajstić information content (AvgIpc) is 3.30. The maximum absolute atomic E-state index is 12.9. The molecule has 2 aromatic heterocycles. The molecule has 0 aliphatic carbocycles. The van der Waals surface area contributed by atoms with Crippen molar-refractivity contribution in [3.63, 3.8) is 0 Å². The molecule has 0 spiro atoms. The molecular weight excluding hydrogens is 340 g/mol. The molecule has 27 heavy (non-hydrogen) atoms. The van der Waals surface area contributed by atoms with Crippen LogP contribution in [-0.4, -0.2) is 39.4 Å². The Morgan fingerprint density at radius 3 is 2.59 bits per heavy atom. The Balaban J connectivity index is 1.53. The molecule has 0 radical (unpaired) electrons. The summed E-state index contributed by atoms with van der Waals surface area (Å²) in [4.78, 5) is 29.4. The molecule has 1 saturated heterocycles. The Kier molecular flexibility index (Phi) is 3.70. The molecular formula is C21H20N4O2. The molecule has 2 aliphatic heterocycles. The number of likely N-dealkylation sites (tertiary alicyclic amines) is 1. The number of rotatable bonds is 2. The number of nitrogens with zero attached hydrogens (tertiary/aromatic N) is 4. The zero-order valence-electron chi connectivity index (χ0n) is 15.0. The molecule has 2 aliphatic rings. The van der Waals surface area contributed by atoms with Crippen LogP contribution in [0.1, 0.15) is 45.5 Å². The number of pyridine rings is 1. The monoisotopic (exact) mass is 360 g/mol. The standard InChI is InChI=1S/C21H20N4O2/c26-20(23-11-4-1-5-12-23)17-13-22-25-18(17)9-6-10-19(25)24-14-15-7-2-3-8-16(15)21(24)27/h2-3,6-10,13H,1,4-5,11-12,14H2. The molecule has 4 heterocycles. The number of aromatic nitrogens is 2. The van der Waals surface area contributed by atoms with Crippen LogP contribution >= 0.6 is 0 Å². The lowest BCUT2D eigenvalue weighted by Gasteiger charge is -2.26. The fourth-order valence-corrected chi connectivity index (χ4v) is 4.07. The number of hydrogen-bond donors (Lipinski definition) is 0. The van der Waals surface area contributed by atoms with Crippen molar-refractivity contribution in [2.75, 3.05) is 18.0 Å². The molecule has 0 bridgehead atoms. The summed E-state index contributed by atoms with van der Waals surface area (Å²) in [6.07, 6.45) is 4.91. The summed E-state index contributed by atoms with van der Waals surface area (Å²) in [7, 11) is 0. The number of hydrogen-bond acceptors (Lipinski definition) is 3. The van der Waals surface area contributed by atoms with Gasteiger partial charge >= 0.3 is 0 Å². The Labute approximate surface area is 157 Å². The smallest absolute Gasteiger partial charge is 0.260 e. The van der Waals surface area contributed by atoms with Gasteiger partial charge in [0.2, 0.25) is 0 Å². The Bertz CT molecular complexity index is 1050. The minimum Gasteiger partial charge on any atom is -0.339 e. The van der Waals surface area contributed by atoms with Gasteiger partial charge in [0.1, 0.15) is 5.82 Å². The van der Waals surface area contributed by atoms with E-state index in [1.807, 2.05) is 47.4 Å². The average molecular weight is 360 g/mol. The molecule has 1 fully saturated rings. The van der Waals surface area contributed by atoms with Crippen molar-refractivity contribution in [2.45, 2.75) is 25.8 Å². The van der Waals surface area contributed by atoms with Crippen molar-refractivity contribution < 1.29 is 9.59 Å². The first-order valence-electron chi connectivity index (χ1n) is 9.40. The SMILES string of the molecule is O=C(c1cnn2c(N3Cc4ccccc4C3=O)cccc12)N1CCCCC1. The summed E-state index contributed by atoms with van der Waals surface area (Å²) in [6.45, 7) is 2.12. The molecule has 5 rings (SSSR count). The van der Waals surface area contributed by atoms with Crippen LogP contribution in [0.15, 0.2) is 48.7 Å². The number of benzene rings is 1. The molecule has 6 nitrogen and oxygen atoms in total. The van der Waals surface area contributed by atoms with Crippen molar-refractivity contribution in [1.29, 1.82) is 0 Å². The lowest BCUT2D eigenvalue weighted by atomic mass is 10.1. The minimum absolute atomic E-state index is 0.0258. The van der Waals surface area contributed by atoms with Crippen LogP contribution in [0.2, 0.25) is 0 Å². The Morgan fingerprint density at radius 2 is 1.78 bits per heavy atom. The fraction of sp³-hybridized carbons (Fsp3) is 0.286. The van der Waals surface area contributed by atoms with Crippen LogP contribution < -0.4 is 4.90 Å². The highest BCUT2D eigenvalue weighted by Gasteiger charge is 2.30. The van der Waals surface area contributed by atoms with Crippen molar-refractivity contribution >= 4 is 23.1 Å². The topological polar surface area (TPSA) is 57.9 Å². The zero-order valence-corrected chi connectivity index (χ0v) is 15.0. The fourth-order valence-electron chi connectivity index (χ4n) is 4.07. The van der Waals surface area contributed by atoms with Gasteiger partial charge in [-0.3, -0.25) is 14.5 Å². The Morgan fingerprint density at radius 1 is 0.963 bits per heavy atom. The van der Waals surface area contributed by atoms with Crippen molar-refractivity contribution in [3.8, 4) is 0 Å². The third kappa shape index (κ3) is 2.51. The highest BCUT2D eigenvalue weighted by atomic mass is 16.2. The molecule has 1 aromatic carbocycles. The lowest BCUT2D eigenvalue weighted by Crippen LogP contribution is -2.35. The normalized spacial score (nSPS) is 16.8. The summed E-state index contributed by atoms with van der Waals surface area (Å²) < 4.78 is 1.71. The predicted molar refractivity (Wildman–Crippen MR) is 102 cm³/mol. The van der Waals surface area contributed by atoms with Crippen LogP contribution in [0.3, 0.4) is 0 Å². The molecule has 2 amide bonds. The second kappa shape index (κ2) is 6.23. The van der Waals surface area contributed by atoms with Crippen molar-refractivity contribution in [2.24, 2.45) is 0 Å². The number of carbonyl (C=O) groups is 2. The number of piperidine rings is 1. The van der Waals surface area contributed by atoms with Crippen molar-refractivity contribution in [1.82, 2.24) is 14.5 Å². The predicted octanol–water partition coefficient (Wildman–Crippen LogP) is 3.12. The van der Waals surface area contributed by atoms with E-state index >= 15 is 0 Å². The maximum Gasteiger partial charge on any atom is 0.260 e.